The second kappa shape index (κ2) is 3.86. The lowest BCUT2D eigenvalue weighted by atomic mass is 10.2. The van der Waals surface area contributed by atoms with Crippen LogP contribution in [0.4, 0.5) is 13.2 Å². The molecule has 2 saturated heterocycles. The van der Waals surface area contributed by atoms with Gasteiger partial charge in [0.1, 0.15) is 0 Å². The lowest BCUT2D eigenvalue weighted by Gasteiger charge is -2.19. The molecule has 0 N–H and O–H groups in total. The second-order valence-electron chi connectivity index (χ2n) is 3.92. The molecule has 2 aliphatic heterocycles. The Bertz CT molecular complexity index is 357. The largest absolute Gasteiger partial charge is 0.471 e. The average molecular weight is 253 g/mol. The maximum atomic E-state index is 12.2. The van der Waals surface area contributed by atoms with E-state index >= 15 is 0 Å². The summed E-state index contributed by atoms with van der Waals surface area (Å²) in [6.07, 6.45) is -6.04. The molecular weight excluding hydrogens is 243 g/mol. The number of rotatable bonds is 1. The van der Waals surface area contributed by atoms with Crippen molar-refractivity contribution < 1.29 is 32.2 Å². The molecule has 0 saturated carbocycles. The van der Waals surface area contributed by atoms with Crippen LogP contribution in [0, 0.1) is 0 Å². The third-order valence-corrected chi connectivity index (χ3v) is 2.63. The van der Waals surface area contributed by atoms with Crippen LogP contribution in [0.25, 0.3) is 0 Å². The molecule has 2 aliphatic rings. The van der Waals surface area contributed by atoms with Crippen LogP contribution in [-0.4, -0.2) is 41.5 Å². The minimum atomic E-state index is -4.89. The quantitative estimate of drug-likeness (QED) is 0.512. The fourth-order valence-corrected chi connectivity index (χ4v) is 1.91. The lowest BCUT2D eigenvalue weighted by Crippen LogP contribution is -2.32. The van der Waals surface area contributed by atoms with E-state index in [1.165, 1.54) is 6.92 Å². The number of ether oxygens (including phenoxy) is 2. The summed E-state index contributed by atoms with van der Waals surface area (Å²) in [5.41, 5.74) is 0. The Hall–Kier alpha value is -1.31. The monoisotopic (exact) mass is 253 g/mol. The summed E-state index contributed by atoms with van der Waals surface area (Å²) < 4.78 is 46.2. The highest BCUT2D eigenvalue weighted by Crippen LogP contribution is 2.42. The maximum absolute atomic E-state index is 12.2. The summed E-state index contributed by atoms with van der Waals surface area (Å²) in [6.45, 7) is 1.18. The molecule has 2 rings (SSSR count). The molecule has 0 bridgehead atoms. The molecule has 2 fully saturated rings. The number of carbonyl (C=O) groups is 2. The topological polar surface area (TPSA) is 55.6 Å². The van der Waals surface area contributed by atoms with Gasteiger partial charge in [-0.2, -0.15) is 13.2 Å². The van der Waals surface area contributed by atoms with Crippen molar-refractivity contribution in [3.05, 3.63) is 0 Å². The summed E-state index contributed by atoms with van der Waals surface area (Å²) in [6, 6.07) is -0.545. The minimum Gasteiger partial charge on any atom is -0.436 e. The smallest absolute Gasteiger partial charge is 0.436 e. The Morgan fingerprint density at radius 1 is 1.35 bits per heavy atom. The first-order chi connectivity index (χ1) is 7.80. The first-order valence-corrected chi connectivity index (χ1v) is 5.03. The van der Waals surface area contributed by atoms with E-state index < -0.39 is 36.6 Å². The second-order valence-corrected chi connectivity index (χ2v) is 3.92. The van der Waals surface area contributed by atoms with Crippen molar-refractivity contribution in [3.63, 3.8) is 0 Å². The molecular formula is C9H10F3NO4. The molecule has 2 heterocycles. The summed E-state index contributed by atoms with van der Waals surface area (Å²) >= 11 is 0. The van der Waals surface area contributed by atoms with Gasteiger partial charge in [0, 0.05) is 13.3 Å². The first kappa shape index (κ1) is 12.2. The van der Waals surface area contributed by atoms with Crippen molar-refractivity contribution in [3.8, 4) is 0 Å². The fourth-order valence-electron chi connectivity index (χ4n) is 1.91. The highest BCUT2D eigenvalue weighted by molar-refractivity contribution is 5.84. The van der Waals surface area contributed by atoms with Gasteiger partial charge in [-0.15, -0.1) is 0 Å². The lowest BCUT2D eigenvalue weighted by molar-refractivity contribution is -0.194. The number of hydrogen-bond acceptors (Lipinski definition) is 4. The SMILES string of the molecule is CC(=O)O[C@H]1CC[C@H]2[C@@H](O1)N2C(=O)C(F)(F)F. The van der Waals surface area contributed by atoms with E-state index in [0.29, 0.717) is 17.7 Å². The van der Waals surface area contributed by atoms with E-state index in [9.17, 15) is 22.8 Å². The van der Waals surface area contributed by atoms with E-state index in [2.05, 4.69) is 0 Å². The minimum absolute atomic E-state index is 0.294. The molecule has 0 radical (unpaired) electrons. The van der Waals surface area contributed by atoms with E-state index in [1.807, 2.05) is 0 Å². The average Bonchev–Trinajstić information content (AvgIpc) is 2.87. The van der Waals surface area contributed by atoms with Gasteiger partial charge >= 0.3 is 18.1 Å². The summed E-state index contributed by atoms with van der Waals surface area (Å²) in [5, 5.41) is 0. The highest BCUT2D eigenvalue weighted by atomic mass is 19.4. The number of carbonyl (C=O) groups excluding carboxylic acids is 2. The molecule has 0 spiro atoms. The molecule has 1 amide bonds. The van der Waals surface area contributed by atoms with E-state index in [1.54, 1.807) is 0 Å². The summed E-state index contributed by atoms with van der Waals surface area (Å²) in [7, 11) is 0. The normalized spacial score (nSPS) is 31.8. The van der Waals surface area contributed by atoms with Gasteiger partial charge in [-0.25, -0.2) is 0 Å². The standard InChI is InChI=1S/C9H10F3NO4/c1-4(14)16-6-3-2-5-7(17-6)13(5)8(15)9(10,11)12/h5-7H,2-3H2,1H3/t5-,6+,7+,13?/m0/s1. The van der Waals surface area contributed by atoms with Crippen LogP contribution in [0.15, 0.2) is 0 Å². The third kappa shape index (κ3) is 2.36. The molecule has 5 nitrogen and oxygen atoms in total. The Morgan fingerprint density at radius 2 is 2.00 bits per heavy atom. The highest BCUT2D eigenvalue weighted by Gasteiger charge is 2.61. The predicted octanol–water partition coefficient (Wildman–Crippen LogP) is 0.785. The molecule has 8 heteroatoms. The van der Waals surface area contributed by atoms with Crippen LogP contribution >= 0.6 is 0 Å². The molecule has 17 heavy (non-hydrogen) atoms. The molecule has 0 aromatic carbocycles. The molecule has 96 valence electrons. The fraction of sp³-hybridized carbons (Fsp3) is 0.778. The van der Waals surface area contributed by atoms with Gasteiger partial charge < -0.3 is 9.47 Å². The summed E-state index contributed by atoms with van der Waals surface area (Å²) in [4.78, 5) is 22.2. The predicted molar refractivity (Wildman–Crippen MR) is 46.4 cm³/mol. The van der Waals surface area contributed by atoms with Gasteiger partial charge in [0.25, 0.3) is 0 Å². The molecule has 0 aromatic rings. The van der Waals surface area contributed by atoms with Gasteiger partial charge in [0.05, 0.1) is 6.04 Å². The number of nitrogens with zero attached hydrogens (tertiary/aromatic N) is 1. The number of fused-ring (bicyclic) bond motifs is 1. The van der Waals surface area contributed by atoms with Gasteiger partial charge in [-0.3, -0.25) is 14.5 Å². The van der Waals surface area contributed by atoms with Crippen LogP contribution < -0.4 is 0 Å². The van der Waals surface area contributed by atoms with E-state index in [-0.39, 0.29) is 0 Å². The van der Waals surface area contributed by atoms with Gasteiger partial charge in [0.2, 0.25) is 6.29 Å². The Morgan fingerprint density at radius 3 is 2.53 bits per heavy atom. The summed E-state index contributed by atoms with van der Waals surface area (Å²) in [5.74, 6) is -2.47. The Kier molecular flexibility index (Phi) is 2.76. The number of hydrogen-bond donors (Lipinski definition) is 0. The van der Waals surface area contributed by atoms with E-state index in [0.717, 1.165) is 0 Å². The zero-order valence-electron chi connectivity index (χ0n) is 8.86. The zero-order valence-corrected chi connectivity index (χ0v) is 8.86. The Balaban J connectivity index is 1.93. The van der Waals surface area contributed by atoms with Crippen LogP contribution in [-0.2, 0) is 19.1 Å². The van der Waals surface area contributed by atoms with Crippen molar-refractivity contribution in [1.82, 2.24) is 4.90 Å². The van der Waals surface area contributed by atoms with Crippen LogP contribution in [0.3, 0.4) is 0 Å². The van der Waals surface area contributed by atoms with Crippen LogP contribution in [0.1, 0.15) is 19.8 Å². The number of alkyl halides is 3. The number of esters is 1. The number of amides is 1. The molecule has 0 unspecified atom stereocenters. The van der Waals surface area contributed by atoms with E-state index in [4.69, 9.17) is 9.47 Å². The molecule has 0 aliphatic carbocycles. The van der Waals surface area contributed by atoms with Crippen molar-refractivity contribution in [2.24, 2.45) is 0 Å². The maximum Gasteiger partial charge on any atom is 0.471 e. The van der Waals surface area contributed by atoms with Gasteiger partial charge in [-0.05, 0) is 6.42 Å². The van der Waals surface area contributed by atoms with Crippen LogP contribution in [0.5, 0.6) is 0 Å². The van der Waals surface area contributed by atoms with Gasteiger partial charge in [0.15, 0.2) is 6.23 Å². The number of halogens is 3. The zero-order chi connectivity index (χ0) is 12.8. The third-order valence-electron chi connectivity index (χ3n) is 2.63. The van der Waals surface area contributed by atoms with Crippen molar-refractivity contribution >= 4 is 11.9 Å². The van der Waals surface area contributed by atoms with Crippen LogP contribution in [0.2, 0.25) is 0 Å². The Labute approximate surface area is 94.5 Å². The van der Waals surface area contributed by atoms with Crippen molar-refractivity contribution in [1.29, 1.82) is 0 Å². The van der Waals surface area contributed by atoms with Gasteiger partial charge in [-0.1, -0.05) is 0 Å². The van der Waals surface area contributed by atoms with Crippen molar-refractivity contribution in [2.75, 3.05) is 0 Å². The van der Waals surface area contributed by atoms with Crippen molar-refractivity contribution in [2.45, 2.75) is 44.5 Å². The molecule has 3 atom stereocenters. The first-order valence-electron chi connectivity index (χ1n) is 5.03. The molecule has 0 aromatic heterocycles.